The molecule has 1 aromatic carbocycles. The second-order valence-corrected chi connectivity index (χ2v) is 4.38. The Kier molecular flexibility index (Phi) is 5.05. The summed E-state index contributed by atoms with van der Waals surface area (Å²) in [4.78, 5) is 11.0. The van der Waals surface area contributed by atoms with Crippen molar-refractivity contribution in [3.8, 4) is 16.9 Å². The lowest BCUT2D eigenvalue weighted by Crippen LogP contribution is -2.07. The molecular weight excluding hydrogens is 298 g/mol. The minimum absolute atomic E-state index is 0.323. The number of methoxy groups -OCH3 is 1. The molecule has 0 saturated heterocycles. The number of hydrogen-bond acceptors (Lipinski definition) is 4. The van der Waals surface area contributed by atoms with Gasteiger partial charge >= 0.3 is 12.6 Å². The summed E-state index contributed by atoms with van der Waals surface area (Å²) in [5.41, 5.74) is 0.868. The molecule has 118 valence electrons. The highest BCUT2D eigenvalue weighted by atomic mass is 19.3. The van der Waals surface area contributed by atoms with Crippen molar-refractivity contribution in [2.75, 3.05) is 13.7 Å². The number of halogens is 2. The molecule has 6 nitrogen and oxygen atoms in total. The van der Waals surface area contributed by atoms with Gasteiger partial charge in [0, 0.05) is 18.9 Å². The third-order valence-electron chi connectivity index (χ3n) is 2.92. The Hall–Kier alpha value is -2.48. The summed E-state index contributed by atoms with van der Waals surface area (Å²) in [5.74, 6) is -1.72. The van der Waals surface area contributed by atoms with Gasteiger partial charge in [0.05, 0.1) is 19.3 Å². The van der Waals surface area contributed by atoms with Crippen molar-refractivity contribution in [2.45, 2.75) is 13.2 Å². The van der Waals surface area contributed by atoms with E-state index in [1.165, 1.54) is 18.2 Å². The van der Waals surface area contributed by atoms with E-state index in [1.54, 1.807) is 24.2 Å². The number of aromatic carboxylic acids is 1. The van der Waals surface area contributed by atoms with Gasteiger partial charge in [-0.3, -0.25) is 4.68 Å². The minimum Gasteiger partial charge on any atom is -0.478 e. The molecule has 0 bridgehead atoms. The van der Waals surface area contributed by atoms with Crippen LogP contribution in [0.5, 0.6) is 5.75 Å². The van der Waals surface area contributed by atoms with Gasteiger partial charge in [-0.15, -0.1) is 0 Å². The normalized spacial score (nSPS) is 10.9. The van der Waals surface area contributed by atoms with Crippen LogP contribution in [0.1, 0.15) is 10.4 Å². The van der Waals surface area contributed by atoms with Crippen molar-refractivity contribution in [1.82, 2.24) is 9.78 Å². The number of nitrogens with zero attached hydrogens (tertiary/aromatic N) is 2. The van der Waals surface area contributed by atoms with E-state index >= 15 is 0 Å². The third-order valence-corrected chi connectivity index (χ3v) is 2.92. The van der Waals surface area contributed by atoms with Gasteiger partial charge in [-0.25, -0.2) is 4.79 Å². The Bertz CT molecular complexity index is 658. The first-order valence-corrected chi connectivity index (χ1v) is 6.35. The largest absolute Gasteiger partial charge is 0.478 e. The Morgan fingerprint density at radius 1 is 1.41 bits per heavy atom. The van der Waals surface area contributed by atoms with Crippen molar-refractivity contribution in [3.63, 3.8) is 0 Å². The van der Waals surface area contributed by atoms with Gasteiger partial charge in [-0.1, -0.05) is 6.07 Å². The number of carbonyl (C=O) groups is 1. The summed E-state index contributed by atoms with van der Waals surface area (Å²) in [6, 6.07) is 3.99. The fraction of sp³-hybridized carbons (Fsp3) is 0.286. The molecule has 2 rings (SSSR count). The highest BCUT2D eigenvalue weighted by molar-refractivity contribution is 5.92. The molecule has 1 heterocycles. The highest BCUT2D eigenvalue weighted by Crippen LogP contribution is 2.28. The lowest BCUT2D eigenvalue weighted by atomic mass is 10.1. The van der Waals surface area contributed by atoms with Gasteiger partial charge < -0.3 is 14.6 Å². The van der Waals surface area contributed by atoms with Crippen LogP contribution in [-0.4, -0.2) is 41.2 Å². The number of carboxylic acids is 1. The van der Waals surface area contributed by atoms with Crippen LogP contribution in [-0.2, 0) is 11.3 Å². The second kappa shape index (κ2) is 6.99. The standard InChI is InChI=1S/C14H14F2N2O4/c1-21-5-4-18-8-10(7-17-18)9-2-3-11(13(19)20)12(6-9)22-14(15)16/h2-3,6-8,14H,4-5H2,1H3,(H,19,20). The van der Waals surface area contributed by atoms with Crippen LogP contribution in [0.25, 0.3) is 11.1 Å². The molecular formula is C14H14F2N2O4. The van der Waals surface area contributed by atoms with Crippen LogP contribution in [0.4, 0.5) is 8.78 Å². The van der Waals surface area contributed by atoms with Crippen molar-refractivity contribution < 1.29 is 28.2 Å². The molecule has 0 spiro atoms. The minimum atomic E-state index is -3.10. The van der Waals surface area contributed by atoms with Crippen LogP contribution >= 0.6 is 0 Å². The average Bonchev–Trinajstić information content (AvgIpc) is 2.93. The number of rotatable bonds is 7. The van der Waals surface area contributed by atoms with Crippen LogP contribution in [0, 0.1) is 0 Å². The molecule has 0 amide bonds. The third kappa shape index (κ3) is 3.79. The Labute approximate surface area is 124 Å². The van der Waals surface area contributed by atoms with Gasteiger partial charge in [0.25, 0.3) is 0 Å². The van der Waals surface area contributed by atoms with Crippen molar-refractivity contribution >= 4 is 5.97 Å². The van der Waals surface area contributed by atoms with Crippen LogP contribution in [0.15, 0.2) is 30.6 Å². The second-order valence-electron chi connectivity index (χ2n) is 4.38. The molecule has 0 radical (unpaired) electrons. The molecule has 8 heteroatoms. The lowest BCUT2D eigenvalue weighted by molar-refractivity contribution is -0.0502. The number of benzene rings is 1. The molecule has 0 saturated carbocycles. The molecule has 2 aromatic rings. The Balaban J connectivity index is 2.31. The molecule has 0 aliphatic heterocycles. The van der Waals surface area contributed by atoms with Gasteiger partial charge in [0.2, 0.25) is 0 Å². The first-order valence-electron chi connectivity index (χ1n) is 6.35. The van der Waals surface area contributed by atoms with E-state index in [1.807, 2.05) is 0 Å². The van der Waals surface area contributed by atoms with Crippen molar-refractivity contribution in [3.05, 3.63) is 36.2 Å². The monoisotopic (exact) mass is 312 g/mol. The number of alkyl halides is 2. The quantitative estimate of drug-likeness (QED) is 0.850. The smallest absolute Gasteiger partial charge is 0.387 e. The molecule has 0 fully saturated rings. The zero-order valence-corrected chi connectivity index (χ0v) is 11.7. The van der Waals surface area contributed by atoms with E-state index in [0.717, 1.165) is 0 Å². The van der Waals surface area contributed by atoms with Crippen molar-refractivity contribution in [1.29, 1.82) is 0 Å². The van der Waals surface area contributed by atoms with Gasteiger partial charge in [-0.2, -0.15) is 13.9 Å². The van der Waals surface area contributed by atoms with E-state index in [-0.39, 0.29) is 11.3 Å². The first kappa shape index (κ1) is 15.9. The molecule has 1 aromatic heterocycles. The fourth-order valence-corrected chi connectivity index (χ4v) is 1.89. The maximum Gasteiger partial charge on any atom is 0.387 e. The average molecular weight is 312 g/mol. The fourth-order valence-electron chi connectivity index (χ4n) is 1.89. The Morgan fingerprint density at radius 2 is 2.18 bits per heavy atom. The Morgan fingerprint density at radius 3 is 2.82 bits per heavy atom. The van der Waals surface area contributed by atoms with E-state index < -0.39 is 12.6 Å². The lowest BCUT2D eigenvalue weighted by Gasteiger charge is -2.09. The summed E-state index contributed by atoms with van der Waals surface area (Å²) in [6.45, 7) is -2.07. The van der Waals surface area contributed by atoms with E-state index in [2.05, 4.69) is 9.84 Å². The number of carboxylic acid groups (broad SMARTS) is 1. The predicted molar refractivity (Wildman–Crippen MR) is 73.1 cm³/mol. The highest BCUT2D eigenvalue weighted by Gasteiger charge is 2.16. The van der Waals surface area contributed by atoms with Crippen LogP contribution in [0.2, 0.25) is 0 Å². The van der Waals surface area contributed by atoms with Gasteiger partial charge in [0.15, 0.2) is 0 Å². The van der Waals surface area contributed by atoms with E-state index in [4.69, 9.17) is 9.84 Å². The zero-order chi connectivity index (χ0) is 16.1. The van der Waals surface area contributed by atoms with Gasteiger partial charge in [-0.05, 0) is 17.7 Å². The summed E-state index contributed by atoms with van der Waals surface area (Å²) in [7, 11) is 1.57. The number of hydrogen-bond donors (Lipinski definition) is 1. The van der Waals surface area contributed by atoms with E-state index in [9.17, 15) is 13.6 Å². The summed E-state index contributed by atoms with van der Waals surface area (Å²) in [5, 5.41) is 13.1. The van der Waals surface area contributed by atoms with Gasteiger partial charge in [0.1, 0.15) is 11.3 Å². The molecule has 0 aliphatic carbocycles. The maximum absolute atomic E-state index is 12.4. The summed E-state index contributed by atoms with van der Waals surface area (Å²) in [6.07, 6.45) is 3.26. The summed E-state index contributed by atoms with van der Waals surface area (Å²) >= 11 is 0. The molecule has 0 atom stereocenters. The predicted octanol–water partition coefficient (Wildman–Crippen LogP) is 2.50. The number of aromatic nitrogens is 2. The molecule has 0 unspecified atom stereocenters. The topological polar surface area (TPSA) is 73.6 Å². The van der Waals surface area contributed by atoms with Crippen LogP contribution < -0.4 is 4.74 Å². The molecule has 1 N–H and O–H groups in total. The first-order chi connectivity index (χ1) is 10.5. The van der Waals surface area contributed by atoms with Crippen molar-refractivity contribution in [2.24, 2.45) is 0 Å². The maximum atomic E-state index is 12.4. The SMILES string of the molecule is COCCn1cc(-c2ccc(C(=O)O)c(OC(F)F)c2)cn1. The zero-order valence-electron chi connectivity index (χ0n) is 11.7. The molecule has 0 aliphatic rings. The van der Waals surface area contributed by atoms with E-state index in [0.29, 0.717) is 24.3 Å². The number of ether oxygens (including phenoxy) is 2. The van der Waals surface area contributed by atoms with Crippen LogP contribution in [0.3, 0.4) is 0 Å². The molecule has 22 heavy (non-hydrogen) atoms. The summed E-state index contributed by atoms with van der Waals surface area (Å²) < 4.78 is 35.6.